The van der Waals surface area contributed by atoms with E-state index in [-0.39, 0.29) is 5.91 Å². The third-order valence-corrected chi connectivity index (χ3v) is 5.06. The van der Waals surface area contributed by atoms with Crippen LogP contribution in [-0.2, 0) is 23.3 Å². The van der Waals surface area contributed by atoms with Crippen LogP contribution in [0.2, 0.25) is 0 Å². The molecule has 1 unspecified atom stereocenters. The third-order valence-electron chi connectivity index (χ3n) is 4.31. The summed E-state index contributed by atoms with van der Waals surface area (Å²) in [7, 11) is 0. The van der Waals surface area contributed by atoms with Crippen LogP contribution in [0.3, 0.4) is 0 Å². The number of benzene rings is 2. The van der Waals surface area contributed by atoms with Crippen molar-refractivity contribution in [3.63, 3.8) is 0 Å². The highest BCUT2D eigenvalue weighted by Crippen LogP contribution is 2.29. The van der Waals surface area contributed by atoms with Crippen molar-refractivity contribution >= 4 is 21.8 Å². The number of hydrogen-bond acceptors (Lipinski definition) is 2. The van der Waals surface area contributed by atoms with E-state index >= 15 is 0 Å². The van der Waals surface area contributed by atoms with Gasteiger partial charge in [-0.2, -0.15) is 0 Å². The monoisotopic (exact) mass is 358 g/mol. The molecule has 0 radical (unpaired) electrons. The molecule has 3 rings (SSSR count). The maximum atomic E-state index is 12.9. The van der Waals surface area contributed by atoms with Crippen molar-refractivity contribution in [2.75, 3.05) is 6.54 Å². The molecule has 1 aliphatic rings. The molecule has 1 aliphatic heterocycles. The van der Waals surface area contributed by atoms with Gasteiger partial charge in [-0.1, -0.05) is 58.4 Å². The molecule has 0 aliphatic carbocycles. The molecular weight excluding hydrogens is 340 g/mol. The second-order valence-corrected chi connectivity index (χ2v) is 6.78. The fourth-order valence-electron chi connectivity index (χ4n) is 2.97. The molecule has 0 bridgehead atoms. The molecule has 1 heterocycles. The van der Waals surface area contributed by atoms with E-state index in [1.54, 1.807) is 6.92 Å². The van der Waals surface area contributed by atoms with Gasteiger partial charge in [0.25, 0.3) is 0 Å². The molecule has 1 atom stereocenters. The quantitative estimate of drug-likeness (QED) is 0.895. The highest BCUT2D eigenvalue weighted by Gasteiger charge is 2.35. The normalized spacial score (nSPS) is 16.8. The lowest BCUT2D eigenvalue weighted by Crippen LogP contribution is -2.52. The minimum absolute atomic E-state index is 0.0238. The van der Waals surface area contributed by atoms with Gasteiger partial charge in [-0.15, -0.1) is 0 Å². The number of carbonyl (C=O) groups excluding carboxylic acids is 1. The second-order valence-electron chi connectivity index (χ2n) is 5.92. The molecule has 0 saturated carbocycles. The molecular formula is C18H19BrN2O. The molecule has 0 spiro atoms. The van der Waals surface area contributed by atoms with Crippen LogP contribution in [0.4, 0.5) is 0 Å². The van der Waals surface area contributed by atoms with Crippen LogP contribution >= 0.6 is 15.9 Å². The van der Waals surface area contributed by atoms with Gasteiger partial charge < -0.3 is 10.6 Å². The summed E-state index contributed by atoms with van der Waals surface area (Å²) in [6.45, 7) is 3.11. The van der Waals surface area contributed by atoms with E-state index < -0.39 is 5.54 Å². The summed E-state index contributed by atoms with van der Waals surface area (Å²) in [4.78, 5) is 14.8. The molecule has 0 aromatic heterocycles. The van der Waals surface area contributed by atoms with Gasteiger partial charge in [0.1, 0.15) is 5.54 Å². The largest absolute Gasteiger partial charge is 0.336 e. The Balaban J connectivity index is 1.85. The van der Waals surface area contributed by atoms with Crippen LogP contribution in [0.15, 0.2) is 53.0 Å². The maximum absolute atomic E-state index is 12.9. The van der Waals surface area contributed by atoms with Crippen molar-refractivity contribution in [2.45, 2.75) is 25.4 Å². The van der Waals surface area contributed by atoms with E-state index in [0.29, 0.717) is 13.1 Å². The number of hydrogen-bond donors (Lipinski definition) is 1. The predicted octanol–water partition coefficient (Wildman–Crippen LogP) is 3.21. The number of fused-ring (bicyclic) bond motifs is 1. The molecule has 0 saturated heterocycles. The van der Waals surface area contributed by atoms with Gasteiger partial charge in [0, 0.05) is 17.6 Å². The zero-order valence-electron chi connectivity index (χ0n) is 12.6. The predicted molar refractivity (Wildman–Crippen MR) is 91.2 cm³/mol. The number of amides is 1. The molecule has 3 nitrogen and oxygen atoms in total. The molecule has 4 heteroatoms. The number of halogens is 1. The van der Waals surface area contributed by atoms with Crippen LogP contribution in [0.1, 0.15) is 23.6 Å². The van der Waals surface area contributed by atoms with E-state index in [1.165, 1.54) is 11.1 Å². The molecule has 2 aromatic carbocycles. The zero-order valence-corrected chi connectivity index (χ0v) is 14.1. The van der Waals surface area contributed by atoms with E-state index in [2.05, 4.69) is 22.0 Å². The number of nitrogens with two attached hydrogens (primary N) is 1. The molecule has 0 fully saturated rings. The zero-order chi connectivity index (χ0) is 15.7. The topological polar surface area (TPSA) is 46.3 Å². The van der Waals surface area contributed by atoms with Crippen molar-refractivity contribution in [3.8, 4) is 0 Å². The number of nitrogens with zero attached hydrogens (tertiary/aromatic N) is 1. The Labute approximate surface area is 139 Å². The Morgan fingerprint density at radius 3 is 2.64 bits per heavy atom. The van der Waals surface area contributed by atoms with Crippen LogP contribution in [0.5, 0.6) is 0 Å². The number of rotatable bonds is 2. The third kappa shape index (κ3) is 2.69. The minimum atomic E-state index is -0.995. The average Bonchev–Trinajstić information content (AvgIpc) is 2.55. The van der Waals surface area contributed by atoms with Crippen LogP contribution in [-0.4, -0.2) is 17.4 Å². The van der Waals surface area contributed by atoms with Crippen molar-refractivity contribution in [1.29, 1.82) is 0 Å². The van der Waals surface area contributed by atoms with Gasteiger partial charge >= 0.3 is 0 Å². The Kier molecular flexibility index (Phi) is 4.06. The lowest BCUT2D eigenvalue weighted by molar-refractivity contribution is -0.137. The molecule has 114 valence electrons. The average molecular weight is 359 g/mol. The Hall–Kier alpha value is -1.65. The lowest BCUT2D eigenvalue weighted by atomic mass is 9.90. The summed E-state index contributed by atoms with van der Waals surface area (Å²) in [6, 6.07) is 15.7. The summed E-state index contributed by atoms with van der Waals surface area (Å²) < 4.78 is 1.12. The summed E-state index contributed by atoms with van der Waals surface area (Å²) >= 11 is 3.59. The standard InChI is InChI=1S/C18H19BrN2O/c1-18(20,14-7-3-2-4-8-14)17(22)21-11-10-15-13(12-21)6-5-9-16(15)19/h2-9H,10-12,20H2,1H3. The lowest BCUT2D eigenvalue weighted by Gasteiger charge is -2.35. The van der Waals surface area contributed by atoms with Crippen molar-refractivity contribution in [3.05, 3.63) is 69.7 Å². The highest BCUT2D eigenvalue weighted by atomic mass is 79.9. The molecule has 2 aromatic rings. The smallest absolute Gasteiger partial charge is 0.247 e. The van der Waals surface area contributed by atoms with Gasteiger partial charge in [-0.25, -0.2) is 0 Å². The summed E-state index contributed by atoms with van der Waals surface area (Å²) in [5, 5.41) is 0. The van der Waals surface area contributed by atoms with Crippen molar-refractivity contribution in [1.82, 2.24) is 4.90 Å². The van der Waals surface area contributed by atoms with Crippen molar-refractivity contribution < 1.29 is 4.79 Å². The summed E-state index contributed by atoms with van der Waals surface area (Å²) in [5.74, 6) is -0.0238. The molecule has 2 N–H and O–H groups in total. The van der Waals surface area contributed by atoms with E-state index in [9.17, 15) is 4.79 Å². The molecule has 22 heavy (non-hydrogen) atoms. The van der Waals surface area contributed by atoms with Crippen LogP contribution < -0.4 is 5.73 Å². The second kappa shape index (κ2) is 5.86. The molecule has 1 amide bonds. The van der Waals surface area contributed by atoms with Gasteiger partial charge in [-0.3, -0.25) is 4.79 Å². The SMILES string of the molecule is CC(N)(C(=O)N1CCc2c(Br)cccc2C1)c1ccccc1. The highest BCUT2D eigenvalue weighted by molar-refractivity contribution is 9.10. The van der Waals surface area contributed by atoms with Gasteiger partial charge in [0.05, 0.1) is 0 Å². The first-order chi connectivity index (χ1) is 10.5. The van der Waals surface area contributed by atoms with E-state index in [4.69, 9.17) is 5.73 Å². The first-order valence-corrected chi connectivity index (χ1v) is 8.19. The summed E-state index contributed by atoms with van der Waals surface area (Å²) in [5.41, 5.74) is 8.70. The van der Waals surface area contributed by atoms with Gasteiger partial charge in [-0.05, 0) is 36.1 Å². The van der Waals surface area contributed by atoms with Crippen LogP contribution in [0.25, 0.3) is 0 Å². The Morgan fingerprint density at radius 1 is 1.18 bits per heavy atom. The van der Waals surface area contributed by atoms with Crippen molar-refractivity contribution in [2.24, 2.45) is 5.73 Å². The number of carbonyl (C=O) groups is 1. The van der Waals surface area contributed by atoms with E-state index in [1.807, 2.05) is 47.4 Å². The van der Waals surface area contributed by atoms with Crippen LogP contribution in [0, 0.1) is 0 Å². The van der Waals surface area contributed by atoms with E-state index in [0.717, 1.165) is 16.5 Å². The Bertz CT molecular complexity index is 697. The first-order valence-electron chi connectivity index (χ1n) is 7.40. The van der Waals surface area contributed by atoms with Gasteiger partial charge in [0.2, 0.25) is 5.91 Å². The Morgan fingerprint density at radius 2 is 1.91 bits per heavy atom. The van der Waals surface area contributed by atoms with Gasteiger partial charge in [0.15, 0.2) is 0 Å². The first kappa shape index (κ1) is 15.3. The fourth-order valence-corrected chi connectivity index (χ4v) is 3.58. The fraction of sp³-hybridized carbons (Fsp3) is 0.278. The summed E-state index contributed by atoms with van der Waals surface area (Å²) in [6.07, 6.45) is 0.855. The minimum Gasteiger partial charge on any atom is -0.336 e. The maximum Gasteiger partial charge on any atom is 0.247 e.